The second kappa shape index (κ2) is 15.9. The van der Waals surface area contributed by atoms with Crippen LogP contribution in [0.25, 0.3) is 0 Å². The van der Waals surface area contributed by atoms with E-state index in [2.05, 4.69) is 17.0 Å². The van der Waals surface area contributed by atoms with E-state index in [9.17, 15) is 0 Å². The maximum absolute atomic E-state index is 8.87. The van der Waals surface area contributed by atoms with Gasteiger partial charge >= 0.3 is 0 Å². The van der Waals surface area contributed by atoms with E-state index in [0.717, 1.165) is 32.7 Å². The molecule has 1 heterocycles. The smallest absolute Gasteiger partial charge is 0.0607 e. The zero-order valence-corrected chi connectivity index (χ0v) is 15.9. The molecule has 0 saturated carbocycles. The molecule has 1 atom stereocenters. The molecule has 0 spiro atoms. The number of unbranched alkanes of at least 4 members (excludes halogenated alkanes) is 11. The van der Waals surface area contributed by atoms with Gasteiger partial charge < -0.3 is 9.94 Å². The quantitative estimate of drug-likeness (QED) is 0.192. The van der Waals surface area contributed by atoms with Crippen LogP contribution in [0.2, 0.25) is 0 Å². The summed E-state index contributed by atoms with van der Waals surface area (Å²) in [6, 6.07) is 0.280. The van der Waals surface area contributed by atoms with Gasteiger partial charge in [-0.15, -0.1) is 5.16 Å². The molecule has 1 aliphatic rings. The third-order valence-corrected chi connectivity index (χ3v) is 5.11. The zero-order chi connectivity index (χ0) is 17.3. The van der Waals surface area contributed by atoms with Crippen LogP contribution in [0.5, 0.6) is 0 Å². The Balaban J connectivity index is 1.92. The largest absolute Gasteiger partial charge is 0.411 e. The highest BCUT2D eigenvalue weighted by Crippen LogP contribution is 2.14. The Kier molecular flexibility index (Phi) is 14.2. The number of ether oxygens (including phenoxy) is 1. The first-order valence-corrected chi connectivity index (χ1v) is 10.4. The van der Waals surface area contributed by atoms with Crippen LogP contribution in [0, 0.1) is 0 Å². The number of morpholine rings is 1. The van der Waals surface area contributed by atoms with Gasteiger partial charge in [0, 0.05) is 19.1 Å². The molecule has 0 aromatic carbocycles. The Bertz CT molecular complexity index is 291. The second-order valence-corrected chi connectivity index (χ2v) is 7.16. The van der Waals surface area contributed by atoms with E-state index >= 15 is 0 Å². The van der Waals surface area contributed by atoms with Gasteiger partial charge in [0.25, 0.3) is 0 Å². The SMILES string of the molecule is CCCCCCCCCCCCCC[C@@H](/C=N/O)N1CCOCC1. The fourth-order valence-corrected chi connectivity index (χ4v) is 3.53. The molecule has 4 nitrogen and oxygen atoms in total. The highest BCUT2D eigenvalue weighted by Gasteiger charge is 2.19. The maximum atomic E-state index is 8.87. The molecule has 1 N–H and O–H groups in total. The Hall–Kier alpha value is -0.610. The van der Waals surface area contributed by atoms with Crippen molar-refractivity contribution in [1.29, 1.82) is 0 Å². The molecule has 1 fully saturated rings. The van der Waals surface area contributed by atoms with Crippen LogP contribution in [0.1, 0.15) is 90.4 Å². The van der Waals surface area contributed by atoms with E-state index in [-0.39, 0.29) is 6.04 Å². The molecule has 0 unspecified atom stereocenters. The lowest BCUT2D eigenvalue weighted by Crippen LogP contribution is -2.44. The second-order valence-electron chi connectivity index (χ2n) is 7.16. The summed E-state index contributed by atoms with van der Waals surface area (Å²) in [7, 11) is 0. The van der Waals surface area contributed by atoms with E-state index < -0.39 is 0 Å². The summed E-state index contributed by atoms with van der Waals surface area (Å²) in [5.74, 6) is 0. The van der Waals surface area contributed by atoms with Crippen LogP contribution < -0.4 is 0 Å². The number of hydrogen-bond donors (Lipinski definition) is 1. The topological polar surface area (TPSA) is 45.1 Å². The van der Waals surface area contributed by atoms with Gasteiger partial charge in [-0.05, 0) is 6.42 Å². The fourth-order valence-electron chi connectivity index (χ4n) is 3.53. The number of hydrogen-bond acceptors (Lipinski definition) is 4. The van der Waals surface area contributed by atoms with Crippen molar-refractivity contribution in [3.63, 3.8) is 0 Å². The summed E-state index contributed by atoms with van der Waals surface area (Å²) < 4.78 is 5.40. The molecule has 1 saturated heterocycles. The van der Waals surface area contributed by atoms with Crippen molar-refractivity contribution >= 4 is 6.21 Å². The van der Waals surface area contributed by atoms with Crippen molar-refractivity contribution in [3.05, 3.63) is 0 Å². The first-order chi connectivity index (χ1) is 11.9. The number of oxime groups is 1. The molecule has 24 heavy (non-hydrogen) atoms. The first-order valence-electron chi connectivity index (χ1n) is 10.4. The van der Waals surface area contributed by atoms with Gasteiger partial charge in [0.1, 0.15) is 0 Å². The highest BCUT2D eigenvalue weighted by molar-refractivity contribution is 5.63. The molecule has 0 radical (unpaired) electrons. The predicted molar refractivity (Wildman–Crippen MR) is 102 cm³/mol. The van der Waals surface area contributed by atoms with Gasteiger partial charge in [0.05, 0.1) is 19.4 Å². The summed E-state index contributed by atoms with van der Waals surface area (Å²) in [6.07, 6.45) is 19.3. The van der Waals surface area contributed by atoms with Crippen LogP contribution >= 0.6 is 0 Å². The first kappa shape index (κ1) is 21.4. The fraction of sp³-hybridized carbons (Fsp3) is 0.950. The normalized spacial score (nSPS) is 17.5. The van der Waals surface area contributed by atoms with Gasteiger partial charge in [0.15, 0.2) is 0 Å². The lowest BCUT2D eigenvalue weighted by Gasteiger charge is -2.32. The van der Waals surface area contributed by atoms with E-state index in [4.69, 9.17) is 9.94 Å². The Labute approximate surface area is 149 Å². The van der Waals surface area contributed by atoms with Gasteiger partial charge in [-0.2, -0.15) is 0 Å². The van der Waals surface area contributed by atoms with Crippen LogP contribution in [0.3, 0.4) is 0 Å². The number of nitrogens with zero attached hydrogens (tertiary/aromatic N) is 2. The average molecular weight is 341 g/mol. The summed E-state index contributed by atoms with van der Waals surface area (Å²) in [4.78, 5) is 2.38. The van der Waals surface area contributed by atoms with Crippen molar-refractivity contribution in [2.45, 2.75) is 96.4 Å². The van der Waals surface area contributed by atoms with Crippen molar-refractivity contribution in [2.24, 2.45) is 5.16 Å². The van der Waals surface area contributed by atoms with E-state index in [1.165, 1.54) is 77.0 Å². The molecular formula is C20H40N2O2. The van der Waals surface area contributed by atoms with Crippen LogP contribution in [0.4, 0.5) is 0 Å². The molecule has 0 aromatic heterocycles. The molecule has 1 aliphatic heterocycles. The Morgan fingerprint density at radius 2 is 1.38 bits per heavy atom. The lowest BCUT2D eigenvalue weighted by molar-refractivity contribution is 0.0276. The van der Waals surface area contributed by atoms with Crippen molar-refractivity contribution in [1.82, 2.24) is 4.90 Å². The minimum Gasteiger partial charge on any atom is -0.411 e. The lowest BCUT2D eigenvalue weighted by atomic mass is 10.0. The minimum atomic E-state index is 0.280. The number of rotatable bonds is 15. The maximum Gasteiger partial charge on any atom is 0.0607 e. The highest BCUT2D eigenvalue weighted by atomic mass is 16.5. The molecule has 0 aromatic rings. The van der Waals surface area contributed by atoms with Gasteiger partial charge in [-0.1, -0.05) is 84.0 Å². The summed E-state index contributed by atoms with van der Waals surface area (Å²) in [6.45, 7) is 5.78. The molecule has 0 bridgehead atoms. The summed E-state index contributed by atoms with van der Waals surface area (Å²) >= 11 is 0. The van der Waals surface area contributed by atoms with Crippen molar-refractivity contribution in [3.8, 4) is 0 Å². The van der Waals surface area contributed by atoms with Crippen LogP contribution in [0.15, 0.2) is 5.16 Å². The predicted octanol–water partition coefficient (Wildman–Crippen LogP) is 5.24. The van der Waals surface area contributed by atoms with Gasteiger partial charge in [0.2, 0.25) is 0 Å². The zero-order valence-electron chi connectivity index (χ0n) is 15.9. The van der Waals surface area contributed by atoms with E-state index in [1.807, 2.05) is 0 Å². The molecule has 0 amide bonds. The van der Waals surface area contributed by atoms with Crippen LogP contribution in [-0.2, 0) is 4.74 Å². The van der Waals surface area contributed by atoms with Crippen molar-refractivity contribution < 1.29 is 9.94 Å². The Morgan fingerprint density at radius 3 is 1.88 bits per heavy atom. The Morgan fingerprint density at radius 1 is 0.875 bits per heavy atom. The van der Waals surface area contributed by atoms with Crippen molar-refractivity contribution in [2.75, 3.05) is 26.3 Å². The molecule has 4 heteroatoms. The standard InChI is InChI=1S/C20H40N2O2/c1-2-3-4-5-6-7-8-9-10-11-12-13-14-20(19-21-23)22-15-17-24-18-16-22/h19-20,23H,2-18H2,1H3/b21-19+/t20-/m0/s1. The average Bonchev–Trinajstić information content (AvgIpc) is 2.62. The molecule has 142 valence electrons. The molecule has 0 aliphatic carbocycles. The minimum absolute atomic E-state index is 0.280. The van der Waals surface area contributed by atoms with Gasteiger partial charge in [-0.25, -0.2) is 0 Å². The summed E-state index contributed by atoms with van der Waals surface area (Å²) in [5, 5.41) is 12.1. The third kappa shape index (κ3) is 11.0. The van der Waals surface area contributed by atoms with E-state index in [0.29, 0.717) is 0 Å². The molecule has 1 rings (SSSR count). The molecular weight excluding hydrogens is 300 g/mol. The van der Waals surface area contributed by atoms with Gasteiger partial charge in [-0.3, -0.25) is 4.90 Å². The van der Waals surface area contributed by atoms with Crippen LogP contribution in [-0.4, -0.2) is 48.7 Å². The van der Waals surface area contributed by atoms with E-state index in [1.54, 1.807) is 6.21 Å². The summed E-state index contributed by atoms with van der Waals surface area (Å²) in [5.41, 5.74) is 0. The third-order valence-electron chi connectivity index (χ3n) is 5.11. The monoisotopic (exact) mass is 340 g/mol.